The largest absolute Gasteiger partial charge is 0.469 e. The number of ether oxygens (including phenoxy) is 1. The Morgan fingerprint density at radius 2 is 2.06 bits per heavy atom. The third kappa shape index (κ3) is 4.52. The predicted molar refractivity (Wildman–Crippen MR) is 65.4 cm³/mol. The van der Waals surface area contributed by atoms with Gasteiger partial charge in [-0.3, -0.25) is 14.9 Å². The topological polar surface area (TPSA) is 69.4 Å². The molecule has 0 bridgehead atoms. The molecule has 0 N–H and O–H groups in total. The molecule has 0 saturated carbocycles. The van der Waals surface area contributed by atoms with Crippen LogP contribution in [0.5, 0.6) is 0 Å². The van der Waals surface area contributed by atoms with E-state index in [0.717, 1.165) is 10.0 Å². The van der Waals surface area contributed by atoms with Crippen molar-refractivity contribution in [3.05, 3.63) is 44.4 Å². The second-order valence-corrected chi connectivity index (χ2v) is 4.46. The van der Waals surface area contributed by atoms with Crippen molar-refractivity contribution in [2.75, 3.05) is 13.7 Å². The van der Waals surface area contributed by atoms with Gasteiger partial charge in [0.25, 0.3) is 0 Å². The summed E-state index contributed by atoms with van der Waals surface area (Å²) in [6.45, 7) is -0.281. The number of esters is 1. The third-order valence-electron chi connectivity index (χ3n) is 2.35. The molecule has 0 aliphatic heterocycles. The Morgan fingerprint density at radius 3 is 2.53 bits per heavy atom. The molecular weight excluding hydrogens is 290 g/mol. The number of carbonyl (C=O) groups excluding carboxylic acids is 1. The Hall–Kier alpha value is -1.43. The third-order valence-corrected chi connectivity index (χ3v) is 2.88. The minimum Gasteiger partial charge on any atom is -0.469 e. The Bertz CT molecular complexity index is 404. The van der Waals surface area contributed by atoms with Gasteiger partial charge >= 0.3 is 5.97 Å². The molecular formula is C11H12BrNO4. The highest BCUT2D eigenvalue weighted by atomic mass is 79.9. The Morgan fingerprint density at radius 1 is 1.47 bits per heavy atom. The molecule has 0 unspecified atom stereocenters. The summed E-state index contributed by atoms with van der Waals surface area (Å²) in [5.74, 6) is -0.898. The molecule has 1 aromatic carbocycles. The first-order chi connectivity index (χ1) is 8.02. The highest BCUT2D eigenvalue weighted by Crippen LogP contribution is 2.22. The molecule has 0 aliphatic rings. The Balaban J connectivity index is 2.85. The van der Waals surface area contributed by atoms with Gasteiger partial charge in [-0.15, -0.1) is 0 Å². The van der Waals surface area contributed by atoms with E-state index >= 15 is 0 Å². The zero-order valence-corrected chi connectivity index (χ0v) is 10.8. The fraction of sp³-hybridized carbons (Fsp3) is 0.364. The van der Waals surface area contributed by atoms with E-state index < -0.39 is 16.8 Å². The van der Waals surface area contributed by atoms with E-state index in [1.54, 1.807) is 24.3 Å². The van der Waals surface area contributed by atoms with E-state index in [0.29, 0.717) is 0 Å². The van der Waals surface area contributed by atoms with Crippen molar-refractivity contribution < 1.29 is 14.5 Å². The quantitative estimate of drug-likeness (QED) is 0.475. The van der Waals surface area contributed by atoms with Crippen LogP contribution in [0.25, 0.3) is 0 Å². The molecule has 0 aliphatic carbocycles. The van der Waals surface area contributed by atoms with Crippen molar-refractivity contribution >= 4 is 21.9 Å². The van der Waals surface area contributed by atoms with Gasteiger partial charge in [-0.05, 0) is 17.7 Å². The summed E-state index contributed by atoms with van der Waals surface area (Å²) in [4.78, 5) is 21.3. The number of hydrogen-bond donors (Lipinski definition) is 0. The summed E-state index contributed by atoms with van der Waals surface area (Å²) in [7, 11) is 1.27. The number of rotatable bonds is 5. The van der Waals surface area contributed by atoms with Crippen molar-refractivity contribution in [2.24, 2.45) is 0 Å². The van der Waals surface area contributed by atoms with Gasteiger partial charge in [0.15, 0.2) is 0 Å². The van der Waals surface area contributed by atoms with Gasteiger partial charge in [0.2, 0.25) is 6.54 Å². The van der Waals surface area contributed by atoms with Crippen LogP contribution in [0.4, 0.5) is 0 Å². The van der Waals surface area contributed by atoms with Gasteiger partial charge in [-0.1, -0.05) is 28.1 Å². The van der Waals surface area contributed by atoms with E-state index in [1.807, 2.05) is 0 Å². The fourth-order valence-corrected chi connectivity index (χ4v) is 1.75. The maximum atomic E-state index is 11.2. The van der Waals surface area contributed by atoms with Crippen molar-refractivity contribution in [3.8, 4) is 0 Å². The van der Waals surface area contributed by atoms with Crippen LogP contribution in [-0.2, 0) is 9.53 Å². The summed E-state index contributed by atoms with van der Waals surface area (Å²) in [6.07, 6.45) is 0.0130. The van der Waals surface area contributed by atoms with Crippen LogP contribution in [0.15, 0.2) is 28.7 Å². The smallest absolute Gasteiger partial charge is 0.306 e. The first kappa shape index (κ1) is 13.6. The lowest BCUT2D eigenvalue weighted by Gasteiger charge is -2.11. The molecule has 0 heterocycles. The number of methoxy groups -OCH3 is 1. The van der Waals surface area contributed by atoms with Crippen LogP contribution in [0.2, 0.25) is 0 Å². The molecule has 0 amide bonds. The van der Waals surface area contributed by atoms with Gasteiger partial charge in [0.05, 0.1) is 19.4 Å². The lowest BCUT2D eigenvalue weighted by Crippen LogP contribution is -2.17. The second kappa shape index (κ2) is 6.34. The average molecular weight is 302 g/mol. The SMILES string of the molecule is COC(=O)C[C@H](C[N+](=O)[O-])c1ccc(Br)cc1. The van der Waals surface area contributed by atoms with Gasteiger partial charge in [0.1, 0.15) is 0 Å². The summed E-state index contributed by atoms with van der Waals surface area (Å²) in [5.41, 5.74) is 0.760. The fourth-order valence-electron chi connectivity index (χ4n) is 1.49. The molecule has 1 atom stereocenters. The number of benzene rings is 1. The van der Waals surface area contributed by atoms with E-state index in [1.165, 1.54) is 7.11 Å². The maximum absolute atomic E-state index is 11.2. The van der Waals surface area contributed by atoms with E-state index in [9.17, 15) is 14.9 Å². The van der Waals surface area contributed by atoms with Crippen LogP contribution in [-0.4, -0.2) is 24.5 Å². The van der Waals surface area contributed by atoms with Gasteiger partial charge in [-0.2, -0.15) is 0 Å². The lowest BCUT2D eigenvalue weighted by atomic mass is 9.96. The van der Waals surface area contributed by atoms with Crippen molar-refractivity contribution in [1.82, 2.24) is 0 Å². The minimum atomic E-state index is -0.453. The zero-order valence-electron chi connectivity index (χ0n) is 9.26. The highest BCUT2D eigenvalue weighted by Gasteiger charge is 2.21. The standard InChI is InChI=1S/C11H12BrNO4/c1-17-11(14)6-9(7-13(15)16)8-2-4-10(12)5-3-8/h2-5,9H,6-7H2,1H3/t9-/m1/s1. The normalized spacial score (nSPS) is 11.9. The first-order valence-electron chi connectivity index (χ1n) is 4.97. The molecule has 1 rings (SSSR count). The molecule has 0 fully saturated rings. The van der Waals surface area contributed by atoms with Crippen LogP contribution >= 0.6 is 15.9 Å². The van der Waals surface area contributed by atoms with Gasteiger partial charge in [0, 0.05) is 9.40 Å². The minimum absolute atomic E-state index is 0.0130. The van der Waals surface area contributed by atoms with Gasteiger partial charge in [-0.25, -0.2) is 0 Å². The molecule has 1 aromatic rings. The maximum Gasteiger partial charge on any atom is 0.306 e. The highest BCUT2D eigenvalue weighted by molar-refractivity contribution is 9.10. The molecule has 0 spiro atoms. The average Bonchev–Trinajstić information content (AvgIpc) is 2.28. The molecule has 92 valence electrons. The Kier molecular flexibility index (Phi) is 5.09. The summed E-state index contributed by atoms with van der Waals surface area (Å²) in [5, 5.41) is 10.6. The molecule has 0 saturated heterocycles. The molecule has 5 nitrogen and oxygen atoms in total. The first-order valence-corrected chi connectivity index (χ1v) is 5.76. The number of nitrogens with zero attached hydrogens (tertiary/aromatic N) is 1. The van der Waals surface area contributed by atoms with Crippen molar-refractivity contribution in [2.45, 2.75) is 12.3 Å². The molecule has 0 radical (unpaired) electrons. The van der Waals surface area contributed by atoms with E-state index in [-0.39, 0.29) is 13.0 Å². The van der Waals surface area contributed by atoms with Crippen LogP contribution in [0, 0.1) is 10.1 Å². The second-order valence-electron chi connectivity index (χ2n) is 3.54. The van der Waals surface area contributed by atoms with Crippen molar-refractivity contribution in [3.63, 3.8) is 0 Å². The summed E-state index contributed by atoms with van der Waals surface area (Å²) in [6, 6.07) is 7.11. The molecule has 0 aromatic heterocycles. The summed E-state index contributed by atoms with van der Waals surface area (Å²) >= 11 is 3.28. The molecule has 6 heteroatoms. The van der Waals surface area contributed by atoms with Gasteiger partial charge < -0.3 is 4.74 Å². The van der Waals surface area contributed by atoms with Crippen LogP contribution < -0.4 is 0 Å². The van der Waals surface area contributed by atoms with E-state index in [2.05, 4.69) is 20.7 Å². The zero-order chi connectivity index (χ0) is 12.8. The van der Waals surface area contributed by atoms with Crippen LogP contribution in [0.1, 0.15) is 17.9 Å². The number of halogens is 1. The van der Waals surface area contributed by atoms with Crippen LogP contribution in [0.3, 0.4) is 0 Å². The number of nitro groups is 1. The Labute approximate surface area is 107 Å². The van der Waals surface area contributed by atoms with E-state index in [4.69, 9.17) is 0 Å². The number of hydrogen-bond acceptors (Lipinski definition) is 4. The molecule has 17 heavy (non-hydrogen) atoms. The summed E-state index contributed by atoms with van der Waals surface area (Å²) < 4.78 is 5.42. The lowest BCUT2D eigenvalue weighted by molar-refractivity contribution is -0.483. The predicted octanol–water partition coefficient (Wildman–Crippen LogP) is 2.37. The number of carbonyl (C=O) groups is 1. The monoisotopic (exact) mass is 301 g/mol. The van der Waals surface area contributed by atoms with Crippen molar-refractivity contribution in [1.29, 1.82) is 0 Å².